The quantitative estimate of drug-likeness (QED) is 0.534. The summed E-state index contributed by atoms with van der Waals surface area (Å²) in [5, 5.41) is 2.54. The van der Waals surface area contributed by atoms with Crippen molar-refractivity contribution in [1.29, 1.82) is 0 Å². The molecule has 0 aliphatic heterocycles. The maximum atomic E-state index is 12.7. The third kappa shape index (κ3) is 4.18. The summed E-state index contributed by atoms with van der Waals surface area (Å²) in [5.41, 5.74) is 5.98. The van der Waals surface area contributed by atoms with Crippen LogP contribution in [0.5, 0.6) is 0 Å². The van der Waals surface area contributed by atoms with Gasteiger partial charge in [-0.05, 0) is 5.56 Å². The van der Waals surface area contributed by atoms with E-state index in [1.165, 1.54) is 29.7 Å². The molecule has 2 aromatic heterocycles. The van der Waals surface area contributed by atoms with Crippen molar-refractivity contribution < 1.29 is 14.4 Å². The lowest BCUT2D eigenvalue weighted by atomic mass is 10.0. The van der Waals surface area contributed by atoms with E-state index in [0.29, 0.717) is 0 Å². The zero-order chi connectivity index (χ0) is 19.2. The third-order valence-corrected chi connectivity index (χ3v) is 3.71. The summed E-state index contributed by atoms with van der Waals surface area (Å²) in [5.74, 6) is -2.45. The van der Waals surface area contributed by atoms with Crippen LogP contribution in [0.4, 0.5) is 0 Å². The van der Waals surface area contributed by atoms with Crippen LogP contribution in [0, 0.1) is 0 Å². The van der Waals surface area contributed by atoms with Crippen LogP contribution in [0.15, 0.2) is 55.5 Å². The highest BCUT2D eigenvalue weighted by molar-refractivity contribution is 6.38. The Morgan fingerprint density at radius 2 is 1.78 bits per heavy atom. The molecule has 3 aromatic rings. The lowest BCUT2D eigenvalue weighted by molar-refractivity contribution is -0.137. The van der Waals surface area contributed by atoms with Crippen molar-refractivity contribution in [3.63, 3.8) is 0 Å². The Morgan fingerprint density at radius 3 is 2.44 bits per heavy atom. The molecule has 0 fully saturated rings. The van der Waals surface area contributed by atoms with Crippen molar-refractivity contribution in [2.45, 2.75) is 12.5 Å². The Labute approximate surface area is 153 Å². The number of Topliss-reactive ketones (excluding diaryl/α,β-unsaturated/α-hetero) is 1. The summed E-state index contributed by atoms with van der Waals surface area (Å²) in [7, 11) is 0. The molecular weight excluding hydrogens is 350 g/mol. The number of nitrogens with zero attached hydrogens (tertiary/aromatic N) is 5. The zero-order valence-electron chi connectivity index (χ0n) is 14.0. The van der Waals surface area contributed by atoms with E-state index in [-0.39, 0.29) is 18.1 Å². The summed E-state index contributed by atoms with van der Waals surface area (Å²) >= 11 is 0. The van der Waals surface area contributed by atoms with Crippen molar-refractivity contribution in [2.24, 2.45) is 5.73 Å². The first-order chi connectivity index (χ1) is 13.1. The van der Waals surface area contributed by atoms with Gasteiger partial charge in [0, 0.05) is 6.42 Å². The number of nitrogens with one attached hydrogen (secondary N) is 1. The Bertz CT molecular complexity index is 957. The van der Waals surface area contributed by atoms with E-state index in [2.05, 4.69) is 25.3 Å². The number of hydrogen-bond acceptors (Lipinski definition) is 7. The summed E-state index contributed by atoms with van der Waals surface area (Å²) < 4.78 is 1.34. The standard InChI is InChI=1S/C17H15N7O3/c18-15(26)14(25)12(6-11-4-2-1-3-5-11)23-16(27)13-7-19-10-24(13)17-21-8-20-9-22-17/h1-5,7-10,12H,6H2,(H2,18,26)(H,23,27). The summed E-state index contributed by atoms with van der Waals surface area (Å²) in [6.45, 7) is 0. The topological polar surface area (TPSA) is 146 Å². The van der Waals surface area contributed by atoms with Gasteiger partial charge in [0.1, 0.15) is 30.7 Å². The number of ketones is 1. The minimum absolute atomic E-state index is 0.0940. The molecule has 3 N–H and O–H groups in total. The van der Waals surface area contributed by atoms with Crippen molar-refractivity contribution in [3.8, 4) is 5.95 Å². The van der Waals surface area contributed by atoms with Crippen LogP contribution in [0.1, 0.15) is 16.1 Å². The Hall–Kier alpha value is -3.95. The lowest BCUT2D eigenvalue weighted by Gasteiger charge is -2.16. The minimum Gasteiger partial charge on any atom is -0.363 e. The Morgan fingerprint density at radius 1 is 1.07 bits per heavy atom. The first kappa shape index (κ1) is 17.9. The number of carbonyl (C=O) groups is 3. The third-order valence-electron chi connectivity index (χ3n) is 3.71. The van der Waals surface area contributed by atoms with Crippen molar-refractivity contribution >= 4 is 17.6 Å². The minimum atomic E-state index is -1.12. The molecule has 2 heterocycles. The molecule has 0 aliphatic carbocycles. The zero-order valence-corrected chi connectivity index (χ0v) is 14.0. The number of imidazole rings is 1. The van der Waals surface area contributed by atoms with Crippen LogP contribution >= 0.6 is 0 Å². The summed E-state index contributed by atoms with van der Waals surface area (Å²) in [4.78, 5) is 51.7. The van der Waals surface area contributed by atoms with Gasteiger partial charge < -0.3 is 11.1 Å². The van der Waals surface area contributed by atoms with Gasteiger partial charge in [0.2, 0.25) is 11.7 Å². The number of hydrogen-bond donors (Lipinski definition) is 2. The summed E-state index contributed by atoms with van der Waals surface area (Å²) in [6, 6.07) is 7.85. The van der Waals surface area contributed by atoms with E-state index in [1.807, 2.05) is 6.07 Å². The molecule has 27 heavy (non-hydrogen) atoms. The molecule has 1 aromatic carbocycles. The van der Waals surface area contributed by atoms with Crippen molar-refractivity contribution in [1.82, 2.24) is 29.8 Å². The molecule has 1 atom stereocenters. The second-order valence-corrected chi connectivity index (χ2v) is 5.53. The predicted octanol–water partition coefficient (Wildman–Crippen LogP) is -0.547. The fourth-order valence-electron chi connectivity index (χ4n) is 2.44. The average molecular weight is 365 g/mol. The monoisotopic (exact) mass is 365 g/mol. The first-order valence-corrected chi connectivity index (χ1v) is 7.89. The van der Waals surface area contributed by atoms with E-state index in [9.17, 15) is 14.4 Å². The molecule has 3 rings (SSSR count). The Balaban J connectivity index is 1.84. The van der Waals surface area contributed by atoms with E-state index < -0.39 is 23.6 Å². The smallest absolute Gasteiger partial charge is 0.287 e. The molecule has 0 aliphatic rings. The summed E-state index contributed by atoms with van der Waals surface area (Å²) in [6.07, 6.45) is 5.33. The van der Waals surface area contributed by atoms with Gasteiger partial charge in [-0.25, -0.2) is 19.9 Å². The van der Waals surface area contributed by atoms with Gasteiger partial charge in [0.25, 0.3) is 11.8 Å². The van der Waals surface area contributed by atoms with Crippen LogP contribution in [0.3, 0.4) is 0 Å². The molecule has 2 amide bonds. The fourth-order valence-corrected chi connectivity index (χ4v) is 2.44. The lowest BCUT2D eigenvalue weighted by Crippen LogP contribution is -2.47. The molecule has 0 saturated heterocycles. The van der Waals surface area contributed by atoms with E-state index in [4.69, 9.17) is 5.73 Å². The number of nitrogens with two attached hydrogens (primary N) is 1. The number of amides is 2. The molecule has 136 valence electrons. The van der Waals surface area contributed by atoms with Crippen LogP contribution in [0.2, 0.25) is 0 Å². The predicted molar refractivity (Wildman–Crippen MR) is 92.6 cm³/mol. The van der Waals surface area contributed by atoms with E-state index >= 15 is 0 Å². The molecule has 0 saturated carbocycles. The largest absolute Gasteiger partial charge is 0.363 e. The number of rotatable bonds is 7. The SMILES string of the molecule is NC(=O)C(=O)C(Cc1ccccc1)NC(=O)c1cncn1-c1ncncn1. The van der Waals surface area contributed by atoms with Gasteiger partial charge in [-0.3, -0.25) is 19.0 Å². The first-order valence-electron chi connectivity index (χ1n) is 7.89. The van der Waals surface area contributed by atoms with Crippen LogP contribution < -0.4 is 11.1 Å². The van der Waals surface area contributed by atoms with Crippen LogP contribution in [-0.2, 0) is 16.0 Å². The van der Waals surface area contributed by atoms with Crippen LogP contribution in [-0.4, -0.2) is 48.1 Å². The average Bonchev–Trinajstić information content (AvgIpc) is 3.18. The van der Waals surface area contributed by atoms with Gasteiger partial charge in [-0.2, -0.15) is 0 Å². The van der Waals surface area contributed by atoms with Crippen molar-refractivity contribution in [3.05, 3.63) is 66.8 Å². The highest BCUT2D eigenvalue weighted by Crippen LogP contribution is 2.08. The Kier molecular flexibility index (Phi) is 5.26. The number of aromatic nitrogens is 5. The number of benzene rings is 1. The normalized spacial score (nSPS) is 11.6. The van der Waals surface area contributed by atoms with Gasteiger partial charge in [0.05, 0.1) is 6.20 Å². The van der Waals surface area contributed by atoms with Gasteiger partial charge in [0.15, 0.2) is 0 Å². The molecule has 10 nitrogen and oxygen atoms in total. The molecule has 0 spiro atoms. The van der Waals surface area contributed by atoms with E-state index in [0.717, 1.165) is 5.56 Å². The second kappa shape index (κ2) is 7.95. The molecule has 1 unspecified atom stereocenters. The van der Waals surface area contributed by atoms with Gasteiger partial charge in [-0.1, -0.05) is 30.3 Å². The number of carbonyl (C=O) groups excluding carboxylic acids is 3. The molecular formula is C17H15N7O3. The molecule has 0 bridgehead atoms. The molecule has 10 heteroatoms. The highest BCUT2D eigenvalue weighted by atomic mass is 16.2. The molecule has 0 radical (unpaired) electrons. The van der Waals surface area contributed by atoms with Crippen LogP contribution in [0.25, 0.3) is 5.95 Å². The maximum absolute atomic E-state index is 12.7. The van der Waals surface area contributed by atoms with Crippen molar-refractivity contribution in [2.75, 3.05) is 0 Å². The van der Waals surface area contributed by atoms with Gasteiger partial charge >= 0.3 is 0 Å². The van der Waals surface area contributed by atoms with E-state index in [1.54, 1.807) is 24.3 Å². The highest BCUT2D eigenvalue weighted by Gasteiger charge is 2.27. The maximum Gasteiger partial charge on any atom is 0.287 e. The number of primary amides is 1. The second-order valence-electron chi connectivity index (χ2n) is 5.53. The van der Waals surface area contributed by atoms with Gasteiger partial charge in [-0.15, -0.1) is 0 Å². The fraction of sp³-hybridized carbons (Fsp3) is 0.118.